The van der Waals surface area contributed by atoms with Crippen LogP contribution in [0.1, 0.15) is 24.1 Å². The molecule has 2 aromatic rings. The van der Waals surface area contributed by atoms with Gasteiger partial charge in [0.15, 0.2) is 0 Å². The number of carbonyl (C=O) groups is 1. The summed E-state index contributed by atoms with van der Waals surface area (Å²) in [5.41, 5.74) is -0.0678. The van der Waals surface area contributed by atoms with E-state index in [0.717, 1.165) is 18.0 Å². The molecule has 0 radical (unpaired) electrons. The van der Waals surface area contributed by atoms with E-state index in [1.54, 1.807) is 11.0 Å². The number of halogens is 4. The maximum atomic E-state index is 12.7. The van der Waals surface area contributed by atoms with Crippen molar-refractivity contribution >= 4 is 29.1 Å². The van der Waals surface area contributed by atoms with Crippen molar-refractivity contribution in [2.24, 2.45) is 5.92 Å². The van der Waals surface area contributed by atoms with Gasteiger partial charge < -0.3 is 10.2 Å². The Labute approximate surface area is 159 Å². The van der Waals surface area contributed by atoms with E-state index in [0.29, 0.717) is 37.6 Å². The van der Waals surface area contributed by atoms with Gasteiger partial charge in [-0.2, -0.15) is 13.2 Å². The quantitative estimate of drug-likeness (QED) is 0.836. The molecule has 0 aliphatic carbocycles. The highest BCUT2D eigenvalue weighted by Crippen LogP contribution is 2.34. The first-order valence-electron chi connectivity index (χ1n) is 8.46. The second-order valence-electron chi connectivity index (χ2n) is 6.44. The lowest BCUT2D eigenvalue weighted by atomic mass is 9.96. The Bertz CT molecular complexity index is 836. The lowest BCUT2D eigenvalue weighted by Gasteiger charge is -2.32. The molecular weight excluding hydrogens is 381 g/mol. The molecule has 1 N–H and O–H groups in total. The smallest absolute Gasteiger partial charge is 0.355 e. The highest BCUT2D eigenvalue weighted by Gasteiger charge is 2.33. The fourth-order valence-electron chi connectivity index (χ4n) is 3.01. The van der Waals surface area contributed by atoms with Gasteiger partial charge in [-0.3, -0.25) is 4.79 Å². The van der Waals surface area contributed by atoms with E-state index in [1.807, 2.05) is 19.1 Å². The topological polar surface area (TPSA) is 58.1 Å². The zero-order valence-electron chi connectivity index (χ0n) is 14.6. The van der Waals surface area contributed by atoms with Gasteiger partial charge in [0.05, 0.1) is 10.6 Å². The number of pyridine rings is 2. The van der Waals surface area contributed by atoms with E-state index >= 15 is 0 Å². The van der Waals surface area contributed by atoms with Crippen molar-refractivity contribution in [3.05, 3.63) is 46.7 Å². The van der Waals surface area contributed by atoms with E-state index in [2.05, 4.69) is 15.3 Å². The number of rotatable bonds is 3. The van der Waals surface area contributed by atoms with Gasteiger partial charge in [0.2, 0.25) is 5.91 Å². The second-order valence-corrected chi connectivity index (χ2v) is 6.85. The predicted molar refractivity (Wildman–Crippen MR) is 96.8 cm³/mol. The first-order chi connectivity index (χ1) is 12.7. The van der Waals surface area contributed by atoms with Gasteiger partial charge in [0.25, 0.3) is 0 Å². The zero-order chi connectivity index (χ0) is 19.6. The van der Waals surface area contributed by atoms with Crippen molar-refractivity contribution in [2.45, 2.75) is 25.9 Å². The molecule has 0 unspecified atom stereocenters. The molecule has 144 valence electrons. The Hall–Kier alpha value is -2.35. The molecule has 2 aromatic heterocycles. The van der Waals surface area contributed by atoms with Crippen LogP contribution < -0.4 is 10.2 Å². The number of alkyl halides is 3. The summed E-state index contributed by atoms with van der Waals surface area (Å²) in [6, 6.07) is 6.27. The second kappa shape index (κ2) is 7.72. The van der Waals surface area contributed by atoms with Crippen molar-refractivity contribution in [1.82, 2.24) is 9.97 Å². The summed E-state index contributed by atoms with van der Waals surface area (Å²) in [5.74, 6) is 0.509. The van der Waals surface area contributed by atoms with Crippen LogP contribution in [0.15, 0.2) is 30.5 Å². The molecule has 1 aliphatic rings. The minimum atomic E-state index is -4.48. The van der Waals surface area contributed by atoms with Crippen LogP contribution in [0.5, 0.6) is 0 Å². The van der Waals surface area contributed by atoms with Gasteiger partial charge >= 0.3 is 6.18 Å². The highest BCUT2D eigenvalue weighted by molar-refractivity contribution is 6.33. The number of amides is 1. The summed E-state index contributed by atoms with van der Waals surface area (Å²) in [5, 5.41) is 2.76. The molecule has 0 saturated carbocycles. The van der Waals surface area contributed by atoms with Crippen LogP contribution in [0.4, 0.5) is 24.8 Å². The fraction of sp³-hybridized carbons (Fsp3) is 0.389. The van der Waals surface area contributed by atoms with Gasteiger partial charge in [-0.25, -0.2) is 9.97 Å². The van der Waals surface area contributed by atoms with E-state index in [1.165, 1.54) is 0 Å². The van der Waals surface area contributed by atoms with Crippen molar-refractivity contribution in [2.75, 3.05) is 23.3 Å². The van der Waals surface area contributed by atoms with Gasteiger partial charge in [0.1, 0.15) is 11.6 Å². The minimum absolute atomic E-state index is 0.0447. The maximum Gasteiger partial charge on any atom is 0.417 e. The molecule has 5 nitrogen and oxygen atoms in total. The average Bonchev–Trinajstić information content (AvgIpc) is 2.61. The van der Waals surface area contributed by atoms with Crippen molar-refractivity contribution < 1.29 is 18.0 Å². The molecule has 0 spiro atoms. The van der Waals surface area contributed by atoms with Crippen LogP contribution in [-0.2, 0) is 11.0 Å². The number of nitrogens with zero attached hydrogens (tertiary/aromatic N) is 3. The standard InChI is InChI=1S/C18H18ClF3N4O/c1-11-3-2-4-15(24-11)25-17(27)12-5-7-26(8-6-12)16-14(19)9-13(10-23-16)18(20,21)22/h2-4,9-10,12H,5-8H2,1H3,(H,24,25,27). The third-order valence-corrected chi connectivity index (χ3v) is 4.73. The molecule has 3 rings (SSSR count). The van der Waals surface area contributed by atoms with Crippen LogP contribution in [0.2, 0.25) is 5.02 Å². The van der Waals surface area contributed by atoms with Crippen LogP contribution >= 0.6 is 11.6 Å². The Morgan fingerprint density at radius 1 is 1.30 bits per heavy atom. The summed E-state index contributed by atoms with van der Waals surface area (Å²) in [6.45, 7) is 2.81. The minimum Gasteiger partial charge on any atom is -0.355 e. The Kier molecular flexibility index (Phi) is 5.55. The summed E-state index contributed by atoms with van der Waals surface area (Å²) >= 11 is 6.00. The van der Waals surface area contributed by atoms with Gasteiger partial charge in [-0.05, 0) is 38.0 Å². The molecule has 1 fully saturated rings. The van der Waals surface area contributed by atoms with Crippen molar-refractivity contribution in [1.29, 1.82) is 0 Å². The number of anilines is 2. The molecular formula is C18H18ClF3N4O. The monoisotopic (exact) mass is 398 g/mol. The maximum absolute atomic E-state index is 12.7. The fourth-order valence-corrected chi connectivity index (χ4v) is 3.30. The molecule has 0 atom stereocenters. The Balaban J connectivity index is 1.61. The molecule has 0 bridgehead atoms. The largest absolute Gasteiger partial charge is 0.417 e. The number of hydrogen-bond donors (Lipinski definition) is 1. The molecule has 1 aliphatic heterocycles. The van der Waals surface area contributed by atoms with Crippen LogP contribution in [0.3, 0.4) is 0 Å². The van der Waals surface area contributed by atoms with Crippen LogP contribution in [-0.4, -0.2) is 29.0 Å². The van der Waals surface area contributed by atoms with E-state index < -0.39 is 11.7 Å². The van der Waals surface area contributed by atoms with Crippen molar-refractivity contribution in [3.63, 3.8) is 0 Å². The van der Waals surface area contributed by atoms with Crippen molar-refractivity contribution in [3.8, 4) is 0 Å². The molecule has 3 heterocycles. The van der Waals surface area contributed by atoms with E-state index in [9.17, 15) is 18.0 Å². The first-order valence-corrected chi connectivity index (χ1v) is 8.84. The van der Waals surface area contributed by atoms with Gasteiger partial charge in [-0.1, -0.05) is 17.7 Å². The Morgan fingerprint density at radius 3 is 2.59 bits per heavy atom. The predicted octanol–water partition coefficient (Wildman–Crippen LogP) is 4.31. The molecule has 27 heavy (non-hydrogen) atoms. The third-order valence-electron chi connectivity index (χ3n) is 4.45. The Morgan fingerprint density at radius 2 is 2.00 bits per heavy atom. The van der Waals surface area contributed by atoms with Gasteiger partial charge in [-0.15, -0.1) is 0 Å². The number of aryl methyl sites for hydroxylation is 1. The zero-order valence-corrected chi connectivity index (χ0v) is 15.3. The number of aromatic nitrogens is 2. The summed E-state index contributed by atoms with van der Waals surface area (Å²) in [7, 11) is 0. The van der Waals surface area contributed by atoms with Gasteiger partial charge in [0, 0.05) is 30.9 Å². The molecule has 1 saturated heterocycles. The number of piperidine rings is 1. The number of nitrogens with one attached hydrogen (secondary N) is 1. The normalized spacial score (nSPS) is 15.7. The molecule has 9 heteroatoms. The van der Waals surface area contributed by atoms with Crippen LogP contribution in [0, 0.1) is 12.8 Å². The lowest BCUT2D eigenvalue weighted by Crippen LogP contribution is -2.38. The summed E-state index contributed by atoms with van der Waals surface area (Å²) in [4.78, 5) is 22.3. The SMILES string of the molecule is Cc1cccc(NC(=O)C2CCN(c3ncc(C(F)(F)F)cc3Cl)CC2)n1. The average molecular weight is 399 g/mol. The van der Waals surface area contributed by atoms with E-state index in [4.69, 9.17) is 11.6 Å². The van der Waals surface area contributed by atoms with Crippen LogP contribution in [0.25, 0.3) is 0 Å². The highest BCUT2D eigenvalue weighted by atomic mass is 35.5. The number of carbonyl (C=O) groups excluding carboxylic acids is 1. The number of hydrogen-bond acceptors (Lipinski definition) is 4. The van der Waals surface area contributed by atoms with E-state index in [-0.39, 0.29) is 16.8 Å². The third kappa shape index (κ3) is 4.68. The lowest BCUT2D eigenvalue weighted by molar-refractivity contribution is -0.137. The summed E-state index contributed by atoms with van der Waals surface area (Å²) < 4.78 is 38.2. The molecule has 0 aromatic carbocycles. The first kappa shape index (κ1) is 19.4. The summed E-state index contributed by atoms with van der Waals surface area (Å²) in [6.07, 6.45) is -2.60. The molecule has 1 amide bonds.